The van der Waals surface area contributed by atoms with E-state index in [-0.39, 0.29) is 24.2 Å². The van der Waals surface area contributed by atoms with Crippen LogP contribution in [0.25, 0.3) is 6.08 Å². The molecule has 3 nitrogen and oxygen atoms in total. The van der Waals surface area contributed by atoms with Crippen LogP contribution in [-0.2, 0) is 4.79 Å². The molecule has 0 radical (unpaired) electrons. The van der Waals surface area contributed by atoms with Crippen LogP contribution in [0, 0.1) is 11.3 Å². The van der Waals surface area contributed by atoms with E-state index in [0.29, 0.717) is 0 Å². The fraction of sp³-hybridized carbons (Fsp3) is 0.357. The topological polar surface area (TPSA) is 57.5 Å². The van der Waals surface area contributed by atoms with Crippen LogP contribution in [0.2, 0.25) is 0 Å². The summed E-state index contributed by atoms with van der Waals surface area (Å²) in [7, 11) is 0. The lowest BCUT2D eigenvalue weighted by Gasteiger charge is -2.12. The highest BCUT2D eigenvalue weighted by atomic mass is 16.3. The number of Topliss-reactive ketones (excluding diaryl/α,β-unsaturated/α-hetero) is 1. The maximum atomic E-state index is 11.9. The molecule has 1 saturated carbocycles. The lowest BCUT2D eigenvalue weighted by Crippen LogP contribution is -2.26. The van der Waals surface area contributed by atoms with E-state index < -0.39 is 12.0 Å². The minimum Gasteiger partial charge on any atom is -0.395 e. The summed E-state index contributed by atoms with van der Waals surface area (Å²) in [5.41, 5.74) is 1.43. The molecule has 2 aliphatic rings. The summed E-state index contributed by atoms with van der Waals surface area (Å²) < 4.78 is 0. The van der Waals surface area contributed by atoms with Gasteiger partial charge >= 0.3 is 0 Å². The van der Waals surface area contributed by atoms with E-state index in [1.165, 1.54) is 0 Å². The van der Waals surface area contributed by atoms with E-state index in [2.05, 4.69) is 0 Å². The molecule has 0 aromatic heterocycles. The predicted molar refractivity (Wildman–Crippen MR) is 63.3 cm³/mol. The van der Waals surface area contributed by atoms with Crippen molar-refractivity contribution in [2.75, 3.05) is 13.2 Å². The van der Waals surface area contributed by atoms with E-state index in [9.17, 15) is 9.90 Å². The second kappa shape index (κ2) is 3.52. The Morgan fingerprint density at radius 2 is 2.06 bits per heavy atom. The number of carbonyl (C=O) groups is 1. The number of allylic oxidation sites excluding steroid dienone is 1. The van der Waals surface area contributed by atoms with Crippen LogP contribution in [0.1, 0.15) is 17.0 Å². The zero-order valence-electron chi connectivity index (χ0n) is 9.34. The van der Waals surface area contributed by atoms with E-state index in [1.54, 1.807) is 0 Å². The second-order valence-electron chi connectivity index (χ2n) is 4.77. The lowest BCUT2D eigenvalue weighted by atomic mass is 9.93. The van der Waals surface area contributed by atoms with Crippen molar-refractivity contribution < 1.29 is 15.0 Å². The highest BCUT2D eigenvalue weighted by Gasteiger charge is 2.68. The Labute approximate surface area is 99.4 Å². The Hall–Kier alpha value is -1.45. The van der Waals surface area contributed by atoms with E-state index >= 15 is 0 Å². The van der Waals surface area contributed by atoms with Crippen molar-refractivity contribution in [3.8, 4) is 0 Å². The molecule has 2 aliphatic carbocycles. The van der Waals surface area contributed by atoms with Gasteiger partial charge in [-0.2, -0.15) is 0 Å². The fourth-order valence-corrected chi connectivity index (χ4v) is 3.17. The Balaban J connectivity index is 2.07. The van der Waals surface area contributed by atoms with Crippen molar-refractivity contribution >= 4 is 11.9 Å². The zero-order valence-corrected chi connectivity index (χ0v) is 9.34. The first-order valence-electron chi connectivity index (χ1n) is 5.78. The number of hydrogen-bond acceptors (Lipinski definition) is 3. The van der Waals surface area contributed by atoms with E-state index in [1.807, 2.05) is 36.4 Å². The van der Waals surface area contributed by atoms with Crippen molar-refractivity contribution in [3.05, 3.63) is 41.5 Å². The summed E-state index contributed by atoms with van der Waals surface area (Å²) in [4.78, 5) is 11.9. The zero-order chi connectivity index (χ0) is 12.0. The van der Waals surface area contributed by atoms with Crippen molar-refractivity contribution in [1.82, 2.24) is 0 Å². The molecule has 2 N–H and O–H groups in total. The molecule has 17 heavy (non-hydrogen) atoms. The second-order valence-corrected chi connectivity index (χ2v) is 4.77. The number of aliphatic hydroxyl groups excluding tert-OH is 2. The Morgan fingerprint density at radius 3 is 2.76 bits per heavy atom. The predicted octanol–water partition coefficient (Wildman–Crippen LogP) is 0.967. The van der Waals surface area contributed by atoms with Crippen molar-refractivity contribution in [1.29, 1.82) is 0 Å². The number of ketones is 1. The molecule has 0 bridgehead atoms. The molecule has 0 aliphatic heterocycles. The highest BCUT2D eigenvalue weighted by Crippen LogP contribution is 2.67. The normalized spacial score (nSPS) is 32.8. The van der Waals surface area contributed by atoms with Gasteiger partial charge in [-0.1, -0.05) is 36.4 Å². The highest BCUT2D eigenvalue weighted by molar-refractivity contribution is 5.93. The van der Waals surface area contributed by atoms with Gasteiger partial charge in [-0.25, -0.2) is 0 Å². The van der Waals surface area contributed by atoms with E-state index in [0.717, 1.165) is 11.1 Å². The molecule has 0 unspecified atom stereocenters. The summed E-state index contributed by atoms with van der Waals surface area (Å²) in [6.45, 7) is -0.691. The van der Waals surface area contributed by atoms with Crippen LogP contribution in [0.3, 0.4) is 0 Å². The summed E-state index contributed by atoms with van der Waals surface area (Å²) in [6, 6.07) is 7.91. The summed E-state index contributed by atoms with van der Waals surface area (Å²) >= 11 is 0. The quantitative estimate of drug-likeness (QED) is 0.813. The van der Waals surface area contributed by atoms with Gasteiger partial charge in [0.1, 0.15) is 6.61 Å². The van der Waals surface area contributed by atoms with Gasteiger partial charge in [0.2, 0.25) is 0 Å². The van der Waals surface area contributed by atoms with Gasteiger partial charge in [0.15, 0.2) is 5.78 Å². The molecule has 0 spiro atoms. The molecule has 3 rings (SSSR count). The molecule has 88 valence electrons. The minimum atomic E-state index is -0.780. The summed E-state index contributed by atoms with van der Waals surface area (Å²) in [5.74, 6) is -0.174. The molecule has 0 saturated heterocycles. The first-order valence-corrected chi connectivity index (χ1v) is 5.78. The molecule has 0 heterocycles. The van der Waals surface area contributed by atoms with Gasteiger partial charge in [0, 0.05) is 11.8 Å². The van der Waals surface area contributed by atoms with Crippen LogP contribution in [0.4, 0.5) is 0 Å². The van der Waals surface area contributed by atoms with Crippen LogP contribution in [0.15, 0.2) is 30.3 Å². The van der Waals surface area contributed by atoms with Gasteiger partial charge in [0.25, 0.3) is 0 Å². The van der Waals surface area contributed by atoms with Crippen LogP contribution in [0.5, 0.6) is 0 Å². The maximum Gasteiger partial charge on any atom is 0.167 e. The summed E-state index contributed by atoms with van der Waals surface area (Å²) in [6.07, 6.45) is 3.98. The van der Waals surface area contributed by atoms with Crippen LogP contribution in [-0.4, -0.2) is 29.2 Å². The SMILES string of the molecule is O=C(CO)[C@@]1(CO)[C@@H]2C=Cc3ccccc3[C@@H]21. The number of aliphatic hydroxyl groups is 2. The van der Waals surface area contributed by atoms with Gasteiger partial charge in [-0.3, -0.25) is 4.79 Å². The first-order chi connectivity index (χ1) is 8.25. The standard InChI is InChI=1S/C14H14O3/c15-7-12(17)14(8-16)11-6-5-9-3-1-2-4-10(9)13(11)14/h1-6,11,13,15-16H,7-8H2/t11-,13+,14-/m1/s1. The molecule has 1 aromatic carbocycles. The molecular formula is C14H14O3. The first kappa shape index (κ1) is 10.7. The molecular weight excluding hydrogens is 216 g/mol. The number of carbonyl (C=O) groups excluding carboxylic acids is 1. The van der Waals surface area contributed by atoms with E-state index in [4.69, 9.17) is 5.11 Å². The number of hydrogen-bond donors (Lipinski definition) is 2. The summed E-state index contributed by atoms with van der Waals surface area (Å²) in [5, 5.41) is 18.6. The lowest BCUT2D eigenvalue weighted by molar-refractivity contribution is -0.129. The molecule has 3 atom stereocenters. The van der Waals surface area contributed by atoms with Crippen molar-refractivity contribution in [3.63, 3.8) is 0 Å². The monoisotopic (exact) mass is 230 g/mol. The third kappa shape index (κ3) is 1.21. The number of rotatable bonds is 3. The van der Waals surface area contributed by atoms with Gasteiger partial charge in [-0.15, -0.1) is 0 Å². The van der Waals surface area contributed by atoms with Crippen LogP contribution < -0.4 is 0 Å². The van der Waals surface area contributed by atoms with Crippen LogP contribution >= 0.6 is 0 Å². The van der Waals surface area contributed by atoms with Crippen molar-refractivity contribution in [2.45, 2.75) is 5.92 Å². The Kier molecular flexibility index (Phi) is 2.21. The average Bonchev–Trinajstić information content (AvgIpc) is 3.07. The Morgan fingerprint density at radius 1 is 1.29 bits per heavy atom. The molecule has 1 aromatic rings. The maximum absolute atomic E-state index is 11.9. The molecule has 0 amide bonds. The smallest absolute Gasteiger partial charge is 0.167 e. The van der Waals surface area contributed by atoms with Gasteiger partial charge < -0.3 is 10.2 Å². The molecule has 1 fully saturated rings. The number of benzene rings is 1. The minimum absolute atomic E-state index is 0.0355. The fourth-order valence-electron chi connectivity index (χ4n) is 3.17. The van der Waals surface area contributed by atoms with Gasteiger partial charge in [0.05, 0.1) is 12.0 Å². The number of fused-ring (bicyclic) bond motifs is 3. The van der Waals surface area contributed by atoms with Gasteiger partial charge in [-0.05, 0) is 11.1 Å². The third-order valence-electron chi connectivity index (χ3n) is 4.14. The van der Waals surface area contributed by atoms with Crippen molar-refractivity contribution in [2.24, 2.45) is 11.3 Å². The average molecular weight is 230 g/mol. The molecule has 3 heteroatoms. The third-order valence-corrected chi connectivity index (χ3v) is 4.14. The Bertz CT molecular complexity index is 506. The largest absolute Gasteiger partial charge is 0.395 e.